The molecule has 1 heterocycles. The molecule has 4 rings (SSSR count). The van der Waals surface area contributed by atoms with Crippen LogP contribution in [-0.4, -0.2) is 33.6 Å². The average Bonchev–Trinajstić information content (AvgIpc) is 3.30. The van der Waals surface area contributed by atoms with Gasteiger partial charge in [0.25, 0.3) is 5.91 Å². The highest BCUT2D eigenvalue weighted by molar-refractivity contribution is 8.00. The van der Waals surface area contributed by atoms with Crippen LogP contribution in [0.25, 0.3) is 10.8 Å². The Bertz CT molecular complexity index is 1280. The van der Waals surface area contributed by atoms with Crippen LogP contribution in [0.15, 0.2) is 77.1 Å². The van der Waals surface area contributed by atoms with Gasteiger partial charge in [0.2, 0.25) is 5.91 Å². The third-order valence-corrected chi connectivity index (χ3v) is 6.24. The molecule has 0 radical (unpaired) electrons. The minimum atomic E-state index is -1.09. The van der Waals surface area contributed by atoms with Crippen molar-refractivity contribution in [3.63, 3.8) is 0 Å². The van der Waals surface area contributed by atoms with E-state index in [1.165, 1.54) is 29.2 Å². The van der Waals surface area contributed by atoms with E-state index in [2.05, 4.69) is 15.6 Å². The van der Waals surface area contributed by atoms with Crippen LogP contribution < -0.4 is 10.6 Å². The van der Waals surface area contributed by atoms with Gasteiger partial charge in [-0.05, 0) is 41.8 Å². The lowest BCUT2D eigenvalue weighted by Crippen LogP contribution is -2.14. The monoisotopic (exact) mass is 463 g/mol. The van der Waals surface area contributed by atoms with Crippen molar-refractivity contribution in [3.05, 3.63) is 83.4 Å². The zero-order valence-corrected chi connectivity index (χ0v) is 18.2. The first kappa shape index (κ1) is 21.5. The second kappa shape index (κ2) is 9.63. The summed E-state index contributed by atoms with van der Waals surface area (Å²) < 4.78 is 0. The van der Waals surface area contributed by atoms with E-state index in [-0.39, 0.29) is 22.8 Å². The number of fused-ring (bicyclic) bond motifs is 1. The van der Waals surface area contributed by atoms with E-state index in [9.17, 15) is 19.5 Å². The molecular weight excluding hydrogens is 446 g/mol. The molecule has 1 aromatic heterocycles. The third-order valence-electron chi connectivity index (χ3n) is 4.54. The Labute approximate surface area is 191 Å². The fourth-order valence-electron chi connectivity index (χ4n) is 3.13. The molecule has 9 heteroatoms. The van der Waals surface area contributed by atoms with Crippen LogP contribution in [0.5, 0.6) is 0 Å². The summed E-state index contributed by atoms with van der Waals surface area (Å²) in [6, 6.07) is 17.1. The standard InChI is InChI=1S/C23H17N3O4S2/c27-19(26-23-24-11-12-31-23)13-32-16-9-7-15(8-10-16)25-21(28)17-5-1-3-14-4-2-6-18(20(14)17)22(29)30/h1-12H,13H2,(H,25,28)(H,29,30)(H,24,26,27). The van der Waals surface area contributed by atoms with E-state index in [4.69, 9.17) is 0 Å². The SMILES string of the molecule is O=C(CSc1ccc(NC(=O)c2cccc3cccc(C(=O)O)c23)cc1)Nc1nccs1. The molecule has 0 fully saturated rings. The molecule has 0 saturated carbocycles. The number of carbonyl (C=O) groups excluding carboxylic acids is 2. The summed E-state index contributed by atoms with van der Waals surface area (Å²) >= 11 is 2.72. The number of aromatic nitrogens is 1. The maximum absolute atomic E-state index is 12.9. The number of hydrogen-bond donors (Lipinski definition) is 3. The fourth-order valence-corrected chi connectivity index (χ4v) is 4.37. The summed E-state index contributed by atoms with van der Waals surface area (Å²) in [6.45, 7) is 0. The molecule has 0 saturated heterocycles. The molecule has 0 bridgehead atoms. The quantitative estimate of drug-likeness (QED) is 0.334. The number of hydrogen-bond acceptors (Lipinski definition) is 6. The highest BCUT2D eigenvalue weighted by atomic mass is 32.2. The molecule has 3 aromatic carbocycles. The number of rotatable bonds is 7. The van der Waals surface area contributed by atoms with E-state index in [0.717, 1.165) is 4.90 Å². The first-order valence-corrected chi connectivity index (χ1v) is 11.4. The van der Waals surface area contributed by atoms with Crippen molar-refractivity contribution in [2.24, 2.45) is 0 Å². The topological polar surface area (TPSA) is 108 Å². The third kappa shape index (κ3) is 4.96. The smallest absolute Gasteiger partial charge is 0.336 e. The second-order valence-electron chi connectivity index (χ2n) is 6.67. The zero-order valence-electron chi connectivity index (χ0n) is 16.6. The summed E-state index contributed by atoms with van der Waals surface area (Å²) in [5.74, 6) is -1.39. The van der Waals surface area contributed by atoms with Crippen molar-refractivity contribution in [2.75, 3.05) is 16.4 Å². The van der Waals surface area contributed by atoms with Gasteiger partial charge in [0.15, 0.2) is 5.13 Å². The van der Waals surface area contributed by atoms with Crippen molar-refractivity contribution in [1.82, 2.24) is 4.98 Å². The number of nitrogens with one attached hydrogen (secondary N) is 2. The number of carboxylic acids is 1. The predicted molar refractivity (Wildman–Crippen MR) is 127 cm³/mol. The van der Waals surface area contributed by atoms with Gasteiger partial charge in [-0.2, -0.15) is 0 Å². The Kier molecular flexibility index (Phi) is 6.48. The van der Waals surface area contributed by atoms with Crippen LogP contribution in [0, 0.1) is 0 Å². The number of thiazole rings is 1. The van der Waals surface area contributed by atoms with Crippen LogP contribution in [0.4, 0.5) is 10.8 Å². The van der Waals surface area contributed by atoms with Gasteiger partial charge < -0.3 is 15.7 Å². The van der Waals surface area contributed by atoms with Gasteiger partial charge in [0.1, 0.15) is 0 Å². The molecule has 4 aromatic rings. The van der Waals surface area contributed by atoms with Gasteiger partial charge in [0.05, 0.1) is 11.3 Å². The Balaban J connectivity index is 1.43. The molecule has 3 N–H and O–H groups in total. The van der Waals surface area contributed by atoms with E-state index in [1.807, 2.05) is 12.1 Å². The van der Waals surface area contributed by atoms with E-state index < -0.39 is 11.9 Å². The molecule has 0 aliphatic rings. The van der Waals surface area contributed by atoms with Crippen LogP contribution in [-0.2, 0) is 4.79 Å². The lowest BCUT2D eigenvalue weighted by molar-refractivity contribution is -0.113. The maximum Gasteiger partial charge on any atom is 0.336 e. The Morgan fingerprint density at radius 2 is 1.66 bits per heavy atom. The first-order chi connectivity index (χ1) is 15.5. The van der Waals surface area contributed by atoms with Crippen molar-refractivity contribution >= 4 is 62.5 Å². The number of thioether (sulfide) groups is 1. The van der Waals surface area contributed by atoms with Gasteiger partial charge in [-0.1, -0.05) is 24.3 Å². The predicted octanol–water partition coefficient (Wildman–Crippen LogP) is 4.98. The van der Waals surface area contributed by atoms with Crippen LogP contribution in [0.3, 0.4) is 0 Å². The Morgan fingerprint density at radius 1 is 0.938 bits per heavy atom. The van der Waals surface area contributed by atoms with Gasteiger partial charge in [-0.3, -0.25) is 9.59 Å². The summed E-state index contributed by atoms with van der Waals surface area (Å²) in [5.41, 5.74) is 0.935. The second-order valence-corrected chi connectivity index (χ2v) is 8.61. The molecule has 0 spiro atoms. The Hall–Kier alpha value is -3.69. The minimum Gasteiger partial charge on any atom is -0.478 e. The maximum atomic E-state index is 12.9. The molecular formula is C23H17N3O4S2. The molecule has 0 aliphatic heterocycles. The molecule has 7 nitrogen and oxygen atoms in total. The number of aromatic carboxylic acids is 1. The van der Waals surface area contributed by atoms with Gasteiger partial charge in [0, 0.05) is 33.1 Å². The molecule has 2 amide bonds. The lowest BCUT2D eigenvalue weighted by atomic mass is 9.98. The normalized spacial score (nSPS) is 10.6. The van der Waals surface area contributed by atoms with Crippen LogP contribution in [0.2, 0.25) is 0 Å². The number of amides is 2. The fraction of sp³-hybridized carbons (Fsp3) is 0.0435. The summed E-state index contributed by atoms with van der Waals surface area (Å²) in [7, 11) is 0. The lowest BCUT2D eigenvalue weighted by Gasteiger charge is -2.11. The number of benzene rings is 3. The number of nitrogens with zero attached hydrogens (tertiary/aromatic N) is 1. The van der Waals surface area contributed by atoms with Gasteiger partial charge in [-0.15, -0.1) is 23.1 Å². The highest BCUT2D eigenvalue weighted by Crippen LogP contribution is 2.25. The van der Waals surface area contributed by atoms with Crippen LogP contribution >= 0.6 is 23.1 Å². The van der Waals surface area contributed by atoms with E-state index in [1.54, 1.807) is 54.0 Å². The minimum absolute atomic E-state index is 0.0797. The molecule has 160 valence electrons. The number of carbonyl (C=O) groups is 3. The summed E-state index contributed by atoms with van der Waals surface area (Å²) in [6.07, 6.45) is 1.63. The molecule has 0 atom stereocenters. The summed E-state index contributed by atoms with van der Waals surface area (Å²) in [4.78, 5) is 41.4. The Morgan fingerprint density at radius 3 is 2.31 bits per heavy atom. The highest BCUT2D eigenvalue weighted by Gasteiger charge is 2.16. The van der Waals surface area contributed by atoms with Gasteiger partial charge >= 0.3 is 5.97 Å². The average molecular weight is 464 g/mol. The number of carboxylic acid groups (broad SMARTS) is 1. The first-order valence-electron chi connectivity index (χ1n) is 9.50. The van der Waals surface area contributed by atoms with Crippen molar-refractivity contribution < 1.29 is 19.5 Å². The zero-order chi connectivity index (χ0) is 22.5. The van der Waals surface area contributed by atoms with Gasteiger partial charge in [-0.25, -0.2) is 9.78 Å². The van der Waals surface area contributed by atoms with Crippen molar-refractivity contribution in [2.45, 2.75) is 4.90 Å². The van der Waals surface area contributed by atoms with E-state index >= 15 is 0 Å². The molecule has 0 unspecified atom stereocenters. The molecule has 32 heavy (non-hydrogen) atoms. The largest absolute Gasteiger partial charge is 0.478 e. The van der Waals surface area contributed by atoms with Crippen LogP contribution in [0.1, 0.15) is 20.7 Å². The van der Waals surface area contributed by atoms with E-state index in [0.29, 0.717) is 21.6 Å². The number of anilines is 2. The molecule has 0 aliphatic carbocycles. The summed E-state index contributed by atoms with van der Waals surface area (Å²) in [5, 5.41) is 18.5. The van der Waals surface area contributed by atoms with Crippen molar-refractivity contribution in [3.8, 4) is 0 Å². The van der Waals surface area contributed by atoms with Crippen molar-refractivity contribution in [1.29, 1.82) is 0 Å².